The van der Waals surface area contributed by atoms with Gasteiger partial charge in [0, 0.05) is 92.6 Å². The lowest BCUT2D eigenvalue weighted by Gasteiger charge is -2.48. The van der Waals surface area contributed by atoms with Crippen molar-refractivity contribution in [3.05, 3.63) is 90.1 Å². The number of nitrogens with zero attached hydrogens (tertiary/aromatic N) is 9. The molecule has 16 nitrogen and oxygen atoms in total. The SMILES string of the molecule is CC(C)n1cnc2cc(-c3ccc4c(c3)N(C3CC(N5CCCCC5)C3)C(=O)C43CCN(C(=O)C4(C)CCN(C(=O)C5CCN(c6ccc(C7CCC(=O)NC7=O)cn6)CC5)CC4)CC3)nc(Oc3ccccc3F)c21. The van der Waals surface area contributed by atoms with Crippen molar-refractivity contribution in [3.8, 4) is 22.9 Å². The van der Waals surface area contributed by atoms with Crippen molar-refractivity contribution in [1.29, 1.82) is 0 Å². The van der Waals surface area contributed by atoms with E-state index >= 15 is 9.18 Å². The Balaban J connectivity index is 0.722. The third-order valence-electron chi connectivity index (χ3n) is 18.4. The molecule has 1 N–H and O–H groups in total. The van der Waals surface area contributed by atoms with Crippen LogP contribution in [0.5, 0.6) is 11.6 Å². The fraction of sp³-hybridized carbons (Fsp3) is 0.525. The zero-order valence-corrected chi connectivity index (χ0v) is 44.0. The van der Waals surface area contributed by atoms with Crippen molar-refractivity contribution in [2.75, 3.05) is 62.2 Å². The fourth-order valence-electron chi connectivity index (χ4n) is 13.5. The van der Waals surface area contributed by atoms with Crippen molar-refractivity contribution in [2.45, 2.75) is 134 Å². The number of hydrogen-bond donors (Lipinski definition) is 1. The molecule has 2 aromatic carbocycles. The number of ether oxygens (including phenoxy) is 1. The lowest BCUT2D eigenvalue weighted by Crippen LogP contribution is -2.59. The van der Waals surface area contributed by atoms with Gasteiger partial charge in [0.15, 0.2) is 11.6 Å². The second kappa shape index (κ2) is 20.0. The molecule has 0 bridgehead atoms. The van der Waals surface area contributed by atoms with Crippen molar-refractivity contribution in [2.24, 2.45) is 11.3 Å². The van der Waals surface area contributed by atoms with Gasteiger partial charge in [-0.2, -0.15) is 0 Å². The Kier molecular flexibility index (Phi) is 13.2. The fourth-order valence-corrected chi connectivity index (χ4v) is 13.5. The molecule has 7 aliphatic rings. The molecule has 398 valence electrons. The third-order valence-corrected chi connectivity index (χ3v) is 18.4. The molecule has 12 rings (SSSR count). The summed E-state index contributed by atoms with van der Waals surface area (Å²) in [6.07, 6.45) is 13.5. The quantitative estimate of drug-likeness (QED) is 0.134. The molecular formula is C59H69FN10O6. The number of likely N-dealkylation sites (tertiary alicyclic amines) is 3. The number of fused-ring (bicyclic) bond motifs is 3. The van der Waals surface area contributed by atoms with Crippen molar-refractivity contribution in [3.63, 3.8) is 0 Å². The standard InChI is InChI=1S/C59H69FN10O6/c1-37(2)69-36-62-47-34-46(63-54(52(47)69)76-49-10-6-5-9-45(49)60)39-11-14-44-48(31-39)70(42-32-41(33-42)65-23-7-4-8-24-65)57(75)59(44)21-29-68(30-22-59)56(74)58(3)19-27-67(28-20-58)55(73)38-17-25-66(26-18-38)50-15-12-40(35-61-50)43-13-16-51(71)64-53(43)72/h5-6,9-12,14-15,31,34-38,41-43H,4,7-8,13,16-30,32-33H2,1-3H3,(H,64,71,72). The molecule has 5 aromatic rings. The molecule has 17 heteroatoms. The van der Waals surface area contributed by atoms with E-state index in [0.717, 1.165) is 54.1 Å². The Labute approximate surface area is 443 Å². The number of carbonyl (C=O) groups excluding carboxylic acids is 5. The smallest absolute Gasteiger partial charge is 0.246 e. The number of benzene rings is 2. The van der Waals surface area contributed by atoms with Gasteiger partial charge in [0.1, 0.15) is 11.3 Å². The molecule has 3 aromatic heterocycles. The van der Waals surface area contributed by atoms with Gasteiger partial charge in [-0.3, -0.25) is 29.3 Å². The van der Waals surface area contributed by atoms with Crippen LogP contribution in [0.15, 0.2) is 73.2 Å². The van der Waals surface area contributed by atoms with E-state index in [2.05, 4.69) is 57.9 Å². The first-order valence-electron chi connectivity index (χ1n) is 27.9. The largest absolute Gasteiger partial charge is 0.434 e. The molecule has 76 heavy (non-hydrogen) atoms. The Hall–Kier alpha value is -6.75. The van der Waals surface area contributed by atoms with E-state index < -0.39 is 16.6 Å². The van der Waals surface area contributed by atoms with Crippen LogP contribution >= 0.6 is 0 Å². The van der Waals surface area contributed by atoms with Crippen LogP contribution in [0, 0.1) is 17.2 Å². The topological polar surface area (TPSA) is 166 Å². The van der Waals surface area contributed by atoms with Crippen LogP contribution in [0.1, 0.15) is 127 Å². The van der Waals surface area contributed by atoms with Crippen LogP contribution < -0.4 is 19.9 Å². The maximum absolute atomic E-state index is 15.3. The van der Waals surface area contributed by atoms with E-state index in [1.54, 1.807) is 30.7 Å². The summed E-state index contributed by atoms with van der Waals surface area (Å²) in [6, 6.07) is 18.9. The molecule has 1 atom stereocenters. The molecule has 6 fully saturated rings. The monoisotopic (exact) mass is 1030 g/mol. The van der Waals surface area contributed by atoms with Crippen molar-refractivity contribution >= 4 is 52.1 Å². The number of anilines is 2. The van der Waals surface area contributed by atoms with Gasteiger partial charge in [0.2, 0.25) is 35.4 Å². The van der Waals surface area contributed by atoms with E-state index in [1.165, 1.54) is 25.3 Å². The number of pyridine rings is 2. The van der Waals surface area contributed by atoms with E-state index in [-0.39, 0.29) is 65.1 Å². The van der Waals surface area contributed by atoms with Gasteiger partial charge in [-0.25, -0.2) is 19.3 Å². The summed E-state index contributed by atoms with van der Waals surface area (Å²) >= 11 is 0. The van der Waals surface area contributed by atoms with Crippen LogP contribution in [0.4, 0.5) is 15.9 Å². The minimum Gasteiger partial charge on any atom is -0.434 e. The summed E-state index contributed by atoms with van der Waals surface area (Å²) < 4.78 is 23.3. The number of nitrogens with one attached hydrogen (secondary N) is 1. The summed E-state index contributed by atoms with van der Waals surface area (Å²) in [6.45, 7) is 11.8. The van der Waals surface area contributed by atoms with Crippen LogP contribution in [0.25, 0.3) is 22.3 Å². The van der Waals surface area contributed by atoms with Gasteiger partial charge < -0.3 is 33.8 Å². The first-order chi connectivity index (χ1) is 36.8. The summed E-state index contributed by atoms with van der Waals surface area (Å²) in [5.41, 5.74) is 4.09. The summed E-state index contributed by atoms with van der Waals surface area (Å²) in [5, 5.41) is 2.42. The average Bonchev–Trinajstić information content (AvgIpc) is 4.18. The summed E-state index contributed by atoms with van der Waals surface area (Å²) in [4.78, 5) is 93.3. The number of imidazole rings is 1. The molecule has 1 unspecified atom stereocenters. The second-order valence-electron chi connectivity index (χ2n) is 23.2. The number of carbonyl (C=O) groups is 5. The minimum absolute atomic E-state index is 0.0507. The number of hydrogen-bond acceptors (Lipinski definition) is 11. The highest BCUT2D eigenvalue weighted by molar-refractivity contribution is 6.09. The van der Waals surface area contributed by atoms with Gasteiger partial charge in [-0.15, -0.1) is 0 Å². The van der Waals surface area contributed by atoms with E-state index in [0.29, 0.717) is 113 Å². The molecule has 1 saturated carbocycles. The highest BCUT2D eigenvalue weighted by atomic mass is 19.1. The highest BCUT2D eigenvalue weighted by Crippen LogP contribution is 2.53. The Morgan fingerprint density at radius 2 is 1.54 bits per heavy atom. The zero-order valence-electron chi connectivity index (χ0n) is 44.0. The Morgan fingerprint density at radius 3 is 2.24 bits per heavy atom. The number of rotatable bonds is 10. The Morgan fingerprint density at radius 1 is 0.803 bits per heavy atom. The predicted octanol–water partition coefficient (Wildman–Crippen LogP) is 8.29. The molecule has 5 saturated heterocycles. The van der Waals surface area contributed by atoms with E-state index in [1.807, 2.05) is 38.6 Å². The molecule has 9 heterocycles. The molecule has 0 radical (unpaired) electrons. The van der Waals surface area contributed by atoms with Crippen LogP contribution in [0.2, 0.25) is 0 Å². The lowest BCUT2D eigenvalue weighted by atomic mass is 9.72. The number of para-hydroxylation sites is 1. The van der Waals surface area contributed by atoms with Gasteiger partial charge >= 0.3 is 0 Å². The highest BCUT2D eigenvalue weighted by Gasteiger charge is 2.56. The van der Waals surface area contributed by atoms with Crippen molar-refractivity contribution < 1.29 is 33.1 Å². The number of amides is 5. The first kappa shape index (κ1) is 50.1. The number of piperidine rings is 5. The summed E-state index contributed by atoms with van der Waals surface area (Å²) in [7, 11) is 0. The van der Waals surface area contributed by atoms with Crippen LogP contribution in [-0.4, -0.2) is 128 Å². The van der Waals surface area contributed by atoms with Crippen LogP contribution in [0.3, 0.4) is 0 Å². The normalized spacial score (nSPS) is 24.0. The number of halogens is 1. The Bertz CT molecular complexity index is 3070. The average molecular weight is 1030 g/mol. The maximum Gasteiger partial charge on any atom is 0.246 e. The van der Waals surface area contributed by atoms with Gasteiger partial charge in [0.25, 0.3) is 0 Å². The predicted molar refractivity (Wildman–Crippen MR) is 285 cm³/mol. The number of aromatic nitrogens is 4. The van der Waals surface area contributed by atoms with Crippen LogP contribution in [-0.2, 0) is 29.4 Å². The first-order valence-corrected chi connectivity index (χ1v) is 27.9. The third kappa shape index (κ3) is 8.98. The molecule has 1 spiro atoms. The minimum atomic E-state index is -0.769. The van der Waals surface area contributed by atoms with Gasteiger partial charge in [0.05, 0.1) is 28.9 Å². The molecule has 1 aliphatic carbocycles. The van der Waals surface area contributed by atoms with Crippen molar-refractivity contribution in [1.82, 2.24) is 39.5 Å². The maximum atomic E-state index is 15.3. The number of imide groups is 1. The van der Waals surface area contributed by atoms with Gasteiger partial charge in [-0.1, -0.05) is 43.7 Å². The molecule has 5 amide bonds. The van der Waals surface area contributed by atoms with E-state index in [9.17, 15) is 19.2 Å². The molecular weight excluding hydrogens is 964 g/mol. The summed E-state index contributed by atoms with van der Waals surface area (Å²) in [5.74, 6) is 0.0484. The second-order valence-corrected chi connectivity index (χ2v) is 23.2. The molecule has 6 aliphatic heterocycles. The zero-order chi connectivity index (χ0) is 52.5. The van der Waals surface area contributed by atoms with Gasteiger partial charge in [-0.05, 0) is 139 Å². The lowest BCUT2D eigenvalue weighted by molar-refractivity contribution is -0.150. The van der Waals surface area contributed by atoms with E-state index in [4.69, 9.17) is 14.7 Å².